The molecule has 148 valence electrons. The minimum atomic E-state index is -3.52. The van der Waals surface area contributed by atoms with Crippen LogP contribution in [-0.4, -0.2) is 51.0 Å². The number of ether oxygens (including phenoxy) is 1. The van der Waals surface area contributed by atoms with E-state index < -0.39 is 10.0 Å². The van der Waals surface area contributed by atoms with Crippen LogP contribution in [0.15, 0.2) is 29.2 Å². The molecule has 0 aromatic heterocycles. The lowest BCUT2D eigenvalue weighted by Crippen LogP contribution is -2.41. The summed E-state index contributed by atoms with van der Waals surface area (Å²) >= 11 is 0. The minimum Gasteiger partial charge on any atom is -0.379 e. The lowest BCUT2D eigenvalue weighted by Gasteiger charge is -2.28. The van der Waals surface area contributed by atoms with Crippen LogP contribution in [-0.2, 0) is 14.8 Å². The van der Waals surface area contributed by atoms with E-state index in [0.717, 1.165) is 11.8 Å². The molecule has 3 aliphatic rings. The number of fused-ring (bicyclic) bond motifs is 2. The second-order valence-electron chi connectivity index (χ2n) is 8.14. The van der Waals surface area contributed by atoms with Crippen molar-refractivity contribution >= 4 is 15.9 Å². The van der Waals surface area contributed by atoms with E-state index in [1.807, 2.05) is 0 Å². The third kappa shape index (κ3) is 3.77. The summed E-state index contributed by atoms with van der Waals surface area (Å²) in [5, 5.41) is 3.13. The van der Waals surface area contributed by atoms with Crippen LogP contribution in [0.2, 0.25) is 0 Å². The highest BCUT2D eigenvalue weighted by Gasteiger charge is 2.42. The van der Waals surface area contributed by atoms with E-state index >= 15 is 0 Å². The topological polar surface area (TPSA) is 75.7 Å². The highest BCUT2D eigenvalue weighted by atomic mass is 32.2. The molecule has 1 amide bonds. The van der Waals surface area contributed by atoms with Crippen molar-refractivity contribution in [1.29, 1.82) is 0 Å². The Morgan fingerprint density at radius 1 is 1.15 bits per heavy atom. The van der Waals surface area contributed by atoms with Crippen molar-refractivity contribution in [2.75, 3.05) is 26.3 Å². The molecule has 1 heterocycles. The summed E-state index contributed by atoms with van der Waals surface area (Å²) in [7, 11) is -3.52. The molecule has 4 atom stereocenters. The molecule has 0 spiro atoms. The number of morpholine rings is 1. The predicted octanol–water partition coefficient (Wildman–Crippen LogP) is 2.26. The van der Waals surface area contributed by atoms with Gasteiger partial charge < -0.3 is 10.1 Å². The fourth-order valence-corrected chi connectivity index (χ4v) is 6.43. The van der Waals surface area contributed by atoms with E-state index in [1.54, 1.807) is 12.1 Å². The summed E-state index contributed by atoms with van der Waals surface area (Å²) in [4.78, 5) is 12.8. The number of hydrogen-bond donors (Lipinski definition) is 1. The number of nitrogens with zero attached hydrogens (tertiary/aromatic N) is 1. The van der Waals surface area contributed by atoms with E-state index in [0.29, 0.717) is 37.8 Å². The average Bonchev–Trinajstić information content (AvgIpc) is 3.32. The van der Waals surface area contributed by atoms with Crippen LogP contribution in [0.25, 0.3) is 0 Å². The van der Waals surface area contributed by atoms with Gasteiger partial charge in [0.2, 0.25) is 10.0 Å². The highest BCUT2D eigenvalue weighted by Crippen LogP contribution is 2.49. The Kier molecular flexibility index (Phi) is 5.27. The molecule has 6 nitrogen and oxygen atoms in total. The van der Waals surface area contributed by atoms with E-state index in [2.05, 4.69) is 12.2 Å². The third-order valence-electron chi connectivity index (χ3n) is 6.52. The number of sulfonamides is 1. The second-order valence-corrected chi connectivity index (χ2v) is 10.1. The number of nitrogens with one attached hydrogen (secondary N) is 1. The first-order valence-corrected chi connectivity index (χ1v) is 11.4. The van der Waals surface area contributed by atoms with Gasteiger partial charge in [-0.1, -0.05) is 6.42 Å². The van der Waals surface area contributed by atoms with Crippen molar-refractivity contribution in [3.05, 3.63) is 29.8 Å². The fourth-order valence-electron chi connectivity index (χ4n) is 5.02. The van der Waals surface area contributed by atoms with Crippen LogP contribution in [0.4, 0.5) is 0 Å². The molecule has 2 aliphatic carbocycles. The van der Waals surface area contributed by atoms with Gasteiger partial charge in [0.15, 0.2) is 0 Å². The number of carbonyl (C=O) groups excluding carboxylic acids is 1. The van der Waals surface area contributed by atoms with E-state index in [9.17, 15) is 13.2 Å². The van der Waals surface area contributed by atoms with Gasteiger partial charge in [0.25, 0.3) is 5.91 Å². The van der Waals surface area contributed by atoms with Gasteiger partial charge in [0.1, 0.15) is 0 Å². The Morgan fingerprint density at radius 2 is 1.85 bits per heavy atom. The normalized spacial score (nSPS) is 29.6. The summed E-state index contributed by atoms with van der Waals surface area (Å²) in [6, 6.07) is 6.43. The number of amides is 1. The standard InChI is InChI=1S/C20H28N2O4S/c1-14(19-13-15-2-3-17(19)12-15)21-20(23)16-4-6-18(7-5-16)27(24,25)22-8-10-26-11-9-22/h4-7,14-15,17,19H,2-3,8-13H2,1H3,(H,21,23)/t14-,15+,17+,19-/m0/s1. The van der Waals surface area contributed by atoms with Crippen molar-refractivity contribution in [2.45, 2.75) is 43.5 Å². The number of benzene rings is 1. The zero-order chi connectivity index (χ0) is 19.0. The molecule has 0 unspecified atom stereocenters. The highest BCUT2D eigenvalue weighted by molar-refractivity contribution is 7.89. The van der Waals surface area contributed by atoms with Crippen molar-refractivity contribution in [3.8, 4) is 0 Å². The Labute approximate surface area is 161 Å². The maximum atomic E-state index is 12.7. The molecule has 27 heavy (non-hydrogen) atoms. The molecule has 1 aromatic carbocycles. The van der Waals surface area contributed by atoms with Crippen molar-refractivity contribution in [2.24, 2.45) is 17.8 Å². The number of hydrogen-bond acceptors (Lipinski definition) is 4. The maximum absolute atomic E-state index is 12.7. The molecule has 1 N–H and O–H groups in total. The van der Waals surface area contributed by atoms with Gasteiger partial charge in [0, 0.05) is 24.7 Å². The van der Waals surface area contributed by atoms with Gasteiger partial charge >= 0.3 is 0 Å². The van der Waals surface area contributed by atoms with Gasteiger partial charge in [-0.2, -0.15) is 4.31 Å². The smallest absolute Gasteiger partial charge is 0.251 e. The Balaban J connectivity index is 1.40. The summed E-state index contributed by atoms with van der Waals surface area (Å²) in [5.74, 6) is 2.06. The average molecular weight is 393 g/mol. The van der Waals surface area contributed by atoms with Crippen LogP contribution >= 0.6 is 0 Å². The molecule has 1 aliphatic heterocycles. The zero-order valence-electron chi connectivity index (χ0n) is 15.8. The van der Waals surface area contributed by atoms with Crippen LogP contribution < -0.4 is 5.32 Å². The SMILES string of the molecule is C[C@H](NC(=O)c1ccc(S(=O)(=O)N2CCOCC2)cc1)[C@@H]1C[C@@H]2CC[C@@H]1C2. The molecular formula is C20H28N2O4S. The van der Waals surface area contributed by atoms with E-state index in [-0.39, 0.29) is 16.8 Å². The molecular weight excluding hydrogens is 364 g/mol. The summed E-state index contributed by atoms with van der Waals surface area (Å²) in [6.07, 6.45) is 5.19. The van der Waals surface area contributed by atoms with Crippen LogP contribution in [0.1, 0.15) is 43.0 Å². The molecule has 1 aromatic rings. The fraction of sp³-hybridized carbons (Fsp3) is 0.650. The lowest BCUT2D eigenvalue weighted by atomic mass is 9.84. The Morgan fingerprint density at radius 3 is 2.44 bits per heavy atom. The molecule has 3 fully saturated rings. The molecule has 2 bridgehead atoms. The van der Waals surface area contributed by atoms with Crippen LogP contribution in [0, 0.1) is 17.8 Å². The molecule has 2 saturated carbocycles. The van der Waals surface area contributed by atoms with Gasteiger partial charge in [0.05, 0.1) is 18.1 Å². The molecule has 1 saturated heterocycles. The first-order valence-electron chi connectivity index (χ1n) is 9.94. The Hall–Kier alpha value is -1.44. The molecule has 0 radical (unpaired) electrons. The monoisotopic (exact) mass is 392 g/mol. The number of rotatable bonds is 5. The Bertz CT molecular complexity index is 787. The third-order valence-corrected chi connectivity index (χ3v) is 8.43. The second kappa shape index (κ2) is 7.53. The van der Waals surface area contributed by atoms with Crippen LogP contribution in [0.3, 0.4) is 0 Å². The van der Waals surface area contributed by atoms with Gasteiger partial charge in [-0.05, 0) is 68.2 Å². The van der Waals surface area contributed by atoms with Crippen molar-refractivity contribution in [1.82, 2.24) is 9.62 Å². The van der Waals surface area contributed by atoms with Crippen molar-refractivity contribution < 1.29 is 17.9 Å². The zero-order valence-corrected chi connectivity index (χ0v) is 16.6. The van der Waals surface area contributed by atoms with Gasteiger partial charge in [-0.25, -0.2) is 8.42 Å². The first-order chi connectivity index (χ1) is 12.9. The van der Waals surface area contributed by atoms with Gasteiger partial charge in [-0.15, -0.1) is 0 Å². The largest absolute Gasteiger partial charge is 0.379 e. The summed E-state index contributed by atoms with van der Waals surface area (Å²) in [5.41, 5.74) is 0.505. The minimum absolute atomic E-state index is 0.124. The first kappa shape index (κ1) is 18.9. The maximum Gasteiger partial charge on any atom is 0.251 e. The van der Waals surface area contributed by atoms with Gasteiger partial charge in [-0.3, -0.25) is 4.79 Å². The molecule has 7 heteroatoms. The van der Waals surface area contributed by atoms with Crippen LogP contribution in [0.5, 0.6) is 0 Å². The van der Waals surface area contributed by atoms with Crippen molar-refractivity contribution in [3.63, 3.8) is 0 Å². The predicted molar refractivity (Wildman–Crippen MR) is 102 cm³/mol. The molecule has 4 rings (SSSR count). The van der Waals surface area contributed by atoms with E-state index in [4.69, 9.17) is 4.74 Å². The quantitative estimate of drug-likeness (QED) is 0.834. The summed E-state index contributed by atoms with van der Waals surface area (Å²) < 4.78 is 32.0. The lowest BCUT2D eigenvalue weighted by molar-refractivity contribution is 0.0730. The summed E-state index contributed by atoms with van der Waals surface area (Å²) in [6.45, 7) is 3.67. The number of carbonyl (C=O) groups is 1. The van der Waals surface area contributed by atoms with E-state index in [1.165, 1.54) is 42.1 Å².